The average molecular weight is 195 g/mol. The Morgan fingerprint density at radius 2 is 1.86 bits per heavy atom. The Morgan fingerprint density at radius 1 is 1.29 bits per heavy atom. The molecule has 4 nitrogen and oxygen atoms in total. The molecule has 4 heteroatoms. The molecule has 0 aromatic rings. The quantitative estimate of drug-likeness (QED) is 0.626. The van der Waals surface area contributed by atoms with Gasteiger partial charge in [-0.25, -0.2) is 0 Å². The van der Waals surface area contributed by atoms with E-state index in [1.54, 1.807) is 0 Å². The molecule has 0 aromatic carbocycles. The lowest BCUT2D eigenvalue weighted by Gasteiger charge is -2.46. The molecule has 14 heavy (non-hydrogen) atoms. The van der Waals surface area contributed by atoms with Crippen molar-refractivity contribution in [1.82, 2.24) is 4.90 Å². The van der Waals surface area contributed by atoms with E-state index in [-0.39, 0.29) is 30.3 Å². The summed E-state index contributed by atoms with van der Waals surface area (Å²) >= 11 is 0. The molecule has 2 atom stereocenters. The number of fused-ring (bicyclic) bond motifs is 1. The van der Waals surface area contributed by atoms with Crippen LogP contribution in [0.4, 0.5) is 0 Å². The van der Waals surface area contributed by atoms with Gasteiger partial charge in [0.25, 0.3) is 0 Å². The number of piperidine rings is 1. The Morgan fingerprint density at radius 3 is 2.21 bits per heavy atom. The van der Waals surface area contributed by atoms with Crippen molar-refractivity contribution in [2.24, 2.45) is 11.8 Å². The summed E-state index contributed by atoms with van der Waals surface area (Å²) in [7, 11) is 0. The molecule has 0 bridgehead atoms. The van der Waals surface area contributed by atoms with E-state index in [0.29, 0.717) is 0 Å². The van der Waals surface area contributed by atoms with E-state index in [2.05, 4.69) is 0 Å². The van der Waals surface area contributed by atoms with Crippen molar-refractivity contribution in [3.63, 3.8) is 0 Å². The van der Waals surface area contributed by atoms with Gasteiger partial charge < -0.3 is 5.11 Å². The maximum absolute atomic E-state index is 11.7. The standard InChI is InChI=1S/C10H13NO3/c12-5-10(2-1-3-10)11-8(13)6-4-7(6)9(11)14/h6-7,12H,1-5H2. The van der Waals surface area contributed by atoms with Crippen LogP contribution < -0.4 is 0 Å². The maximum Gasteiger partial charge on any atom is 0.233 e. The van der Waals surface area contributed by atoms with Gasteiger partial charge in [0.2, 0.25) is 11.8 Å². The summed E-state index contributed by atoms with van der Waals surface area (Å²) in [4.78, 5) is 24.9. The van der Waals surface area contributed by atoms with E-state index in [1.807, 2.05) is 0 Å². The highest BCUT2D eigenvalue weighted by atomic mass is 16.3. The molecule has 1 saturated heterocycles. The van der Waals surface area contributed by atoms with Crippen molar-refractivity contribution < 1.29 is 14.7 Å². The lowest BCUT2D eigenvalue weighted by atomic mass is 9.76. The zero-order valence-corrected chi connectivity index (χ0v) is 7.90. The number of amides is 2. The van der Waals surface area contributed by atoms with Crippen molar-refractivity contribution in [2.45, 2.75) is 31.2 Å². The molecular weight excluding hydrogens is 182 g/mol. The Labute approximate surface area is 81.9 Å². The number of likely N-dealkylation sites (tertiary alicyclic amines) is 1. The van der Waals surface area contributed by atoms with Crippen LogP contribution in [0.25, 0.3) is 0 Å². The number of aliphatic hydroxyl groups excluding tert-OH is 1. The predicted octanol–water partition coefficient (Wildman–Crippen LogP) is -0.0937. The fourth-order valence-electron chi connectivity index (χ4n) is 2.69. The van der Waals surface area contributed by atoms with Crippen LogP contribution >= 0.6 is 0 Å². The molecule has 2 aliphatic carbocycles. The molecule has 1 heterocycles. The molecule has 0 radical (unpaired) electrons. The molecule has 3 aliphatic rings. The fourth-order valence-corrected chi connectivity index (χ4v) is 2.69. The third-order valence-electron chi connectivity index (χ3n) is 3.92. The van der Waals surface area contributed by atoms with Gasteiger partial charge in [-0.05, 0) is 25.7 Å². The first-order valence-electron chi connectivity index (χ1n) is 5.18. The highest BCUT2D eigenvalue weighted by molar-refractivity contribution is 6.09. The topological polar surface area (TPSA) is 57.6 Å². The first-order chi connectivity index (χ1) is 6.69. The summed E-state index contributed by atoms with van der Waals surface area (Å²) in [6.45, 7) is -0.0656. The smallest absolute Gasteiger partial charge is 0.233 e. The number of nitrogens with zero attached hydrogens (tertiary/aromatic N) is 1. The van der Waals surface area contributed by atoms with Gasteiger partial charge in [0.15, 0.2) is 0 Å². The Bertz CT molecular complexity index is 296. The zero-order valence-electron chi connectivity index (χ0n) is 7.90. The molecule has 2 unspecified atom stereocenters. The van der Waals surface area contributed by atoms with Gasteiger partial charge in [-0.15, -0.1) is 0 Å². The van der Waals surface area contributed by atoms with Crippen LogP contribution in [0.3, 0.4) is 0 Å². The van der Waals surface area contributed by atoms with Crippen molar-refractivity contribution in [2.75, 3.05) is 6.61 Å². The summed E-state index contributed by atoms with van der Waals surface area (Å²) in [5, 5.41) is 9.29. The third-order valence-corrected chi connectivity index (χ3v) is 3.92. The number of hydrogen-bond acceptors (Lipinski definition) is 3. The highest BCUT2D eigenvalue weighted by Crippen LogP contribution is 2.52. The second kappa shape index (κ2) is 2.37. The number of carbonyl (C=O) groups excluding carboxylic acids is 2. The van der Waals surface area contributed by atoms with Crippen molar-refractivity contribution in [3.05, 3.63) is 0 Å². The van der Waals surface area contributed by atoms with Crippen LogP contribution in [0.5, 0.6) is 0 Å². The molecular formula is C10H13NO3. The number of aliphatic hydroxyl groups is 1. The summed E-state index contributed by atoms with van der Waals surface area (Å²) in [6.07, 6.45) is 3.31. The SMILES string of the molecule is O=C1C2CC2C(=O)N1C1(CO)CCC1. The third kappa shape index (κ3) is 0.780. The van der Waals surface area contributed by atoms with Crippen LogP contribution in [0, 0.1) is 11.8 Å². The van der Waals surface area contributed by atoms with Gasteiger partial charge in [-0.3, -0.25) is 14.5 Å². The Balaban J connectivity index is 1.91. The minimum atomic E-state index is -0.512. The van der Waals surface area contributed by atoms with E-state index in [1.165, 1.54) is 4.90 Å². The van der Waals surface area contributed by atoms with Crippen LogP contribution in [0.1, 0.15) is 25.7 Å². The van der Waals surface area contributed by atoms with E-state index >= 15 is 0 Å². The van der Waals surface area contributed by atoms with Crippen molar-refractivity contribution in [3.8, 4) is 0 Å². The normalized spacial score (nSPS) is 38.2. The van der Waals surface area contributed by atoms with Gasteiger partial charge >= 0.3 is 0 Å². The van der Waals surface area contributed by atoms with Crippen molar-refractivity contribution in [1.29, 1.82) is 0 Å². The second-order valence-electron chi connectivity index (χ2n) is 4.70. The van der Waals surface area contributed by atoms with Gasteiger partial charge in [-0.2, -0.15) is 0 Å². The van der Waals surface area contributed by atoms with Crippen LogP contribution in [-0.4, -0.2) is 34.0 Å². The lowest BCUT2D eigenvalue weighted by Crippen LogP contribution is -2.59. The van der Waals surface area contributed by atoms with E-state index in [4.69, 9.17) is 0 Å². The van der Waals surface area contributed by atoms with Crippen molar-refractivity contribution >= 4 is 11.8 Å². The summed E-state index contributed by atoms with van der Waals surface area (Å²) in [5.74, 6) is -0.138. The first kappa shape index (κ1) is 8.41. The van der Waals surface area contributed by atoms with Gasteiger partial charge in [0, 0.05) is 0 Å². The number of hydrogen-bond donors (Lipinski definition) is 1. The van der Waals surface area contributed by atoms with Crippen LogP contribution in [-0.2, 0) is 9.59 Å². The minimum Gasteiger partial charge on any atom is -0.394 e. The molecule has 1 N–H and O–H groups in total. The number of carbonyl (C=O) groups is 2. The van der Waals surface area contributed by atoms with Gasteiger partial charge in [-0.1, -0.05) is 0 Å². The maximum atomic E-state index is 11.7. The molecule has 1 aliphatic heterocycles. The molecule has 0 aromatic heterocycles. The Hall–Kier alpha value is -0.900. The van der Waals surface area contributed by atoms with Crippen LogP contribution in [0.15, 0.2) is 0 Å². The van der Waals surface area contributed by atoms with Gasteiger partial charge in [0.1, 0.15) is 0 Å². The van der Waals surface area contributed by atoms with E-state index < -0.39 is 5.54 Å². The minimum absolute atomic E-state index is 0.0336. The summed E-state index contributed by atoms with van der Waals surface area (Å²) in [6, 6.07) is 0. The first-order valence-corrected chi connectivity index (χ1v) is 5.18. The van der Waals surface area contributed by atoms with E-state index in [9.17, 15) is 14.7 Å². The summed E-state index contributed by atoms with van der Waals surface area (Å²) < 4.78 is 0. The summed E-state index contributed by atoms with van der Waals surface area (Å²) in [5.41, 5.74) is -0.512. The lowest BCUT2D eigenvalue weighted by molar-refractivity contribution is -0.156. The number of rotatable bonds is 2. The zero-order chi connectivity index (χ0) is 9.92. The molecule has 2 saturated carbocycles. The number of imide groups is 1. The predicted molar refractivity (Wildman–Crippen MR) is 47.1 cm³/mol. The largest absolute Gasteiger partial charge is 0.394 e. The fraction of sp³-hybridized carbons (Fsp3) is 0.800. The highest BCUT2D eigenvalue weighted by Gasteiger charge is 2.64. The average Bonchev–Trinajstić information content (AvgIpc) is 2.83. The van der Waals surface area contributed by atoms with E-state index in [0.717, 1.165) is 25.7 Å². The molecule has 76 valence electrons. The monoisotopic (exact) mass is 195 g/mol. The molecule has 3 fully saturated rings. The second-order valence-corrected chi connectivity index (χ2v) is 4.70. The van der Waals surface area contributed by atoms with Crippen LogP contribution in [0.2, 0.25) is 0 Å². The van der Waals surface area contributed by atoms with Gasteiger partial charge in [0.05, 0.1) is 24.0 Å². The molecule has 3 rings (SSSR count). The molecule has 0 spiro atoms. The molecule has 2 amide bonds. The Kier molecular flexibility index (Phi) is 1.42.